The SMILES string of the molecule is CC(=O)OCC1OC(SCC=C=CC2CCCCC2)C(OC(C)=O)C(C)C1C. The number of esters is 2. The van der Waals surface area contributed by atoms with Crippen LogP contribution in [0.1, 0.15) is 59.8 Å². The maximum Gasteiger partial charge on any atom is 0.303 e. The highest BCUT2D eigenvalue weighted by Crippen LogP contribution is 2.37. The van der Waals surface area contributed by atoms with Crippen molar-refractivity contribution < 1.29 is 23.8 Å². The summed E-state index contributed by atoms with van der Waals surface area (Å²) < 4.78 is 16.9. The molecule has 0 N–H and O–H groups in total. The normalized spacial score (nSPS) is 30.8. The van der Waals surface area contributed by atoms with Gasteiger partial charge in [-0.1, -0.05) is 33.1 Å². The average molecular weight is 411 g/mol. The molecule has 2 aliphatic rings. The first-order chi connectivity index (χ1) is 13.4. The summed E-state index contributed by atoms with van der Waals surface area (Å²) in [5.41, 5.74) is 3.03. The number of ether oxygens (including phenoxy) is 3. The molecule has 5 atom stereocenters. The molecule has 0 radical (unpaired) electrons. The van der Waals surface area contributed by atoms with Crippen molar-refractivity contribution >= 4 is 23.7 Å². The van der Waals surface area contributed by atoms with Gasteiger partial charge in [-0.15, -0.1) is 17.5 Å². The summed E-state index contributed by atoms with van der Waals surface area (Å²) in [4.78, 5) is 22.7. The number of carbonyl (C=O) groups excluding carboxylic acids is 2. The van der Waals surface area contributed by atoms with Gasteiger partial charge in [-0.2, -0.15) is 0 Å². The highest BCUT2D eigenvalue weighted by Gasteiger charge is 2.43. The smallest absolute Gasteiger partial charge is 0.303 e. The quantitative estimate of drug-likeness (QED) is 0.455. The summed E-state index contributed by atoms with van der Waals surface area (Å²) in [5.74, 6) is 0.992. The average Bonchev–Trinajstić information content (AvgIpc) is 2.66. The number of rotatable bonds is 7. The van der Waals surface area contributed by atoms with Gasteiger partial charge in [0.2, 0.25) is 0 Å². The van der Waals surface area contributed by atoms with E-state index in [1.165, 1.54) is 46.0 Å². The first-order valence-corrected chi connectivity index (χ1v) is 11.4. The Morgan fingerprint density at radius 2 is 1.82 bits per heavy atom. The molecule has 0 aromatic carbocycles. The molecule has 1 saturated heterocycles. The van der Waals surface area contributed by atoms with E-state index in [4.69, 9.17) is 14.2 Å². The van der Waals surface area contributed by atoms with Gasteiger partial charge in [0, 0.05) is 25.5 Å². The second kappa shape index (κ2) is 11.7. The van der Waals surface area contributed by atoms with Gasteiger partial charge in [-0.25, -0.2) is 0 Å². The molecule has 1 heterocycles. The van der Waals surface area contributed by atoms with Crippen LogP contribution in [0.5, 0.6) is 0 Å². The zero-order valence-corrected chi connectivity index (χ0v) is 18.3. The second-order valence-electron chi connectivity index (χ2n) is 7.91. The fourth-order valence-corrected chi connectivity index (χ4v) is 4.93. The summed E-state index contributed by atoms with van der Waals surface area (Å²) in [5, 5.41) is 0. The molecule has 1 saturated carbocycles. The van der Waals surface area contributed by atoms with Crippen LogP contribution in [-0.4, -0.2) is 41.9 Å². The van der Waals surface area contributed by atoms with E-state index in [2.05, 4.69) is 18.7 Å². The monoisotopic (exact) mass is 410 g/mol. The molecule has 1 aliphatic heterocycles. The van der Waals surface area contributed by atoms with Gasteiger partial charge >= 0.3 is 11.9 Å². The third-order valence-electron chi connectivity index (χ3n) is 5.71. The van der Waals surface area contributed by atoms with Gasteiger partial charge in [-0.3, -0.25) is 9.59 Å². The van der Waals surface area contributed by atoms with E-state index in [1.54, 1.807) is 11.8 Å². The number of hydrogen-bond acceptors (Lipinski definition) is 6. The second-order valence-corrected chi connectivity index (χ2v) is 9.04. The minimum absolute atomic E-state index is 0.109. The maximum atomic E-state index is 11.6. The van der Waals surface area contributed by atoms with Gasteiger partial charge in [0.25, 0.3) is 0 Å². The largest absolute Gasteiger partial charge is 0.463 e. The standard InChI is InChI=1S/C22H34O5S/c1-15-16(2)21(26-18(4)24)22(27-20(15)14-25-17(3)23)28-13-9-8-12-19-10-6-5-7-11-19/h9,12,15-16,19-22H,5-7,10-11,13-14H2,1-4H3. The Labute approximate surface area is 173 Å². The lowest BCUT2D eigenvalue weighted by molar-refractivity contribution is -0.184. The summed E-state index contributed by atoms with van der Waals surface area (Å²) in [6.45, 7) is 7.16. The van der Waals surface area contributed by atoms with Crippen LogP contribution in [0.15, 0.2) is 17.9 Å². The van der Waals surface area contributed by atoms with Crippen LogP contribution in [0.2, 0.25) is 0 Å². The van der Waals surface area contributed by atoms with Crippen molar-refractivity contribution in [1.82, 2.24) is 0 Å². The lowest BCUT2D eigenvalue weighted by Gasteiger charge is -2.43. The van der Waals surface area contributed by atoms with E-state index >= 15 is 0 Å². The summed E-state index contributed by atoms with van der Waals surface area (Å²) in [6, 6.07) is 0. The van der Waals surface area contributed by atoms with Crippen molar-refractivity contribution in [3.8, 4) is 0 Å². The predicted octanol–water partition coefficient (Wildman–Crippen LogP) is 4.50. The van der Waals surface area contributed by atoms with Crippen LogP contribution < -0.4 is 0 Å². The molecule has 5 nitrogen and oxygen atoms in total. The predicted molar refractivity (Wildman–Crippen MR) is 111 cm³/mol. The minimum Gasteiger partial charge on any atom is -0.463 e. The molecule has 2 fully saturated rings. The van der Waals surface area contributed by atoms with E-state index in [0.717, 1.165) is 5.75 Å². The molecule has 5 unspecified atom stereocenters. The fraction of sp³-hybridized carbons (Fsp3) is 0.773. The number of thioether (sulfide) groups is 1. The van der Waals surface area contributed by atoms with Crippen LogP contribution in [0.4, 0.5) is 0 Å². The van der Waals surface area contributed by atoms with Crippen molar-refractivity contribution in [3.05, 3.63) is 17.9 Å². The lowest BCUT2D eigenvalue weighted by Crippen LogP contribution is -2.51. The Balaban J connectivity index is 1.96. The molecule has 0 amide bonds. The van der Waals surface area contributed by atoms with Gasteiger partial charge in [0.05, 0.1) is 6.10 Å². The van der Waals surface area contributed by atoms with E-state index in [1.807, 2.05) is 13.0 Å². The molecule has 0 spiro atoms. The lowest BCUT2D eigenvalue weighted by atomic mass is 9.84. The van der Waals surface area contributed by atoms with Gasteiger partial charge in [0.15, 0.2) is 0 Å². The van der Waals surface area contributed by atoms with E-state index in [-0.39, 0.29) is 48.0 Å². The zero-order valence-electron chi connectivity index (χ0n) is 17.5. The van der Waals surface area contributed by atoms with Gasteiger partial charge < -0.3 is 14.2 Å². The Kier molecular flexibility index (Phi) is 9.63. The maximum absolute atomic E-state index is 11.6. The topological polar surface area (TPSA) is 61.8 Å². The van der Waals surface area contributed by atoms with Crippen LogP contribution in [0.25, 0.3) is 0 Å². The fourth-order valence-electron chi connectivity index (χ4n) is 3.83. The molecular formula is C22H34O5S. The molecule has 6 heteroatoms. The molecule has 2 rings (SSSR count). The van der Waals surface area contributed by atoms with E-state index in [0.29, 0.717) is 5.92 Å². The Morgan fingerprint density at radius 1 is 1.11 bits per heavy atom. The molecule has 0 bridgehead atoms. The van der Waals surface area contributed by atoms with Crippen LogP contribution in [0, 0.1) is 17.8 Å². The van der Waals surface area contributed by atoms with Crippen LogP contribution in [0.3, 0.4) is 0 Å². The van der Waals surface area contributed by atoms with E-state index < -0.39 is 0 Å². The molecule has 1 aliphatic carbocycles. The Hall–Kier alpha value is -1.23. The number of hydrogen-bond donors (Lipinski definition) is 0. The summed E-state index contributed by atoms with van der Waals surface area (Å²) in [7, 11) is 0. The van der Waals surface area contributed by atoms with E-state index in [9.17, 15) is 9.59 Å². The third kappa shape index (κ3) is 7.31. The van der Waals surface area contributed by atoms with Crippen molar-refractivity contribution in [2.75, 3.05) is 12.4 Å². The van der Waals surface area contributed by atoms with Crippen LogP contribution in [-0.2, 0) is 23.8 Å². The molecular weight excluding hydrogens is 376 g/mol. The van der Waals surface area contributed by atoms with Crippen molar-refractivity contribution in [2.24, 2.45) is 17.8 Å². The summed E-state index contributed by atoms with van der Waals surface area (Å²) in [6.07, 6.45) is 10.2. The number of carbonyl (C=O) groups is 2. The zero-order chi connectivity index (χ0) is 20.5. The highest BCUT2D eigenvalue weighted by molar-refractivity contribution is 7.99. The van der Waals surface area contributed by atoms with Gasteiger partial charge in [-0.05, 0) is 36.8 Å². The molecule has 28 heavy (non-hydrogen) atoms. The minimum atomic E-state index is -0.318. The molecule has 158 valence electrons. The van der Waals surface area contributed by atoms with Crippen molar-refractivity contribution in [2.45, 2.75) is 77.4 Å². The first kappa shape index (κ1) is 23.1. The highest BCUT2D eigenvalue weighted by atomic mass is 32.2. The summed E-state index contributed by atoms with van der Waals surface area (Å²) >= 11 is 1.60. The van der Waals surface area contributed by atoms with Gasteiger partial charge in [0.1, 0.15) is 18.1 Å². The van der Waals surface area contributed by atoms with Crippen molar-refractivity contribution in [1.29, 1.82) is 0 Å². The molecule has 0 aromatic rings. The first-order valence-electron chi connectivity index (χ1n) is 10.4. The van der Waals surface area contributed by atoms with Crippen LogP contribution >= 0.6 is 11.8 Å². The Morgan fingerprint density at radius 3 is 2.46 bits per heavy atom. The Bertz CT molecular complexity index is 575. The molecule has 0 aromatic heterocycles. The third-order valence-corrected chi connectivity index (χ3v) is 6.77. The van der Waals surface area contributed by atoms with Crippen molar-refractivity contribution in [3.63, 3.8) is 0 Å².